The fraction of sp³-hybridized carbons (Fsp3) is 1.00. The molecule has 0 rings (SSSR count). The molecule has 2 heteroatoms. The van der Waals surface area contributed by atoms with Crippen molar-refractivity contribution >= 4 is 0 Å². The van der Waals surface area contributed by atoms with Gasteiger partial charge < -0.3 is 5.32 Å². The van der Waals surface area contributed by atoms with Crippen LogP contribution in [-0.2, 0) is 25.8 Å². The second kappa shape index (κ2) is 9.27. The van der Waals surface area contributed by atoms with E-state index in [1.54, 1.807) is 0 Å². The van der Waals surface area contributed by atoms with Crippen LogP contribution in [0.15, 0.2) is 0 Å². The first-order chi connectivity index (χ1) is 2.41. The molecule has 32 valence electrons. The van der Waals surface area contributed by atoms with E-state index < -0.39 is 0 Å². The van der Waals surface area contributed by atoms with Crippen molar-refractivity contribution < 1.29 is 25.8 Å². The van der Waals surface area contributed by atoms with Crippen LogP contribution in [0.5, 0.6) is 0 Å². The Kier molecular flexibility index (Phi) is 15.4. The molecule has 0 saturated heterocycles. The number of nitrogens with zero attached hydrogens (tertiary/aromatic N) is 1. The Morgan fingerprint density at radius 3 is 1.50 bits per heavy atom. The molecule has 0 aliphatic heterocycles. The minimum Gasteiger partial charge on any atom is -0.663 e. The van der Waals surface area contributed by atoms with E-state index in [0.717, 1.165) is 13.1 Å². The predicted molar refractivity (Wildman–Crippen MR) is 24.4 cm³/mol. The number of rotatable bonds is 2. The van der Waals surface area contributed by atoms with Gasteiger partial charge in [-0.3, -0.25) is 0 Å². The Bertz CT molecular complexity index is 15.0. The fourth-order valence-electron chi connectivity index (χ4n) is 0.224. The van der Waals surface area contributed by atoms with Gasteiger partial charge in [-0.05, 0) is 0 Å². The van der Waals surface area contributed by atoms with Crippen molar-refractivity contribution in [1.29, 1.82) is 0 Å². The van der Waals surface area contributed by atoms with Gasteiger partial charge in [0, 0.05) is 0 Å². The van der Waals surface area contributed by atoms with Crippen molar-refractivity contribution in [2.45, 2.75) is 13.8 Å². The summed E-state index contributed by atoms with van der Waals surface area (Å²) < 4.78 is 0. The van der Waals surface area contributed by atoms with Crippen molar-refractivity contribution in [1.82, 2.24) is 0 Å². The van der Waals surface area contributed by atoms with Crippen LogP contribution in [0, 0.1) is 0 Å². The molecule has 0 atom stereocenters. The second-order valence-corrected chi connectivity index (χ2v) is 0.856. The molecular formula is C4H10HfN+3. The maximum Gasteiger partial charge on any atom is 4.00 e. The quantitative estimate of drug-likeness (QED) is 0.658. The predicted octanol–water partition coefficient (Wildman–Crippen LogP) is 1.40. The molecule has 0 fully saturated rings. The maximum atomic E-state index is 3.97. The zero-order chi connectivity index (χ0) is 4.12. The number of hydrogen-bond acceptors (Lipinski definition) is 0. The van der Waals surface area contributed by atoms with Crippen molar-refractivity contribution in [3.05, 3.63) is 5.32 Å². The van der Waals surface area contributed by atoms with E-state index in [1.165, 1.54) is 0 Å². The first-order valence-corrected chi connectivity index (χ1v) is 2.05. The summed E-state index contributed by atoms with van der Waals surface area (Å²) in [4.78, 5) is 0. The molecule has 0 aromatic heterocycles. The maximum absolute atomic E-state index is 3.97. The molecule has 0 aliphatic rings. The van der Waals surface area contributed by atoms with Gasteiger partial charge in [-0.25, -0.2) is 0 Å². The average molecular weight is 251 g/mol. The Morgan fingerprint density at radius 2 is 1.50 bits per heavy atom. The summed E-state index contributed by atoms with van der Waals surface area (Å²) in [6, 6.07) is 0. The van der Waals surface area contributed by atoms with E-state index in [0.29, 0.717) is 0 Å². The summed E-state index contributed by atoms with van der Waals surface area (Å²) in [5.74, 6) is 0. The summed E-state index contributed by atoms with van der Waals surface area (Å²) >= 11 is 0. The van der Waals surface area contributed by atoms with Gasteiger partial charge in [0.1, 0.15) is 0 Å². The molecule has 1 nitrogen and oxygen atoms in total. The molecule has 0 heterocycles. The van der Waals surface area contributed by atoms with Crippen molar-refractivity contribution in [2.24, 2.45) is 0 Å². The Hall–Kier alpha value is 0.830. The normalized spacial score (nSPS) is 7.00. The summed E-state index contributed by atoms with van der Waals surface area (Å²) in [5.41, 5.74) is 0. The van der Waals surface area contributed by atoms with Crippen molar-refractivity contribution in [3.63, 3.8) is 0 Å². The molecule has 0 amide bonds. The van der Waals surface area contributed by atoms with Gasteiger partial charge in [-0.2, -0.15) is 13.1 Å². The van der Waals surface area contributed by atoms with E-state index in [-0.39, 0.29) is 25.8 Å². The zero-order valence-corrected chi connectivity index (χ0v) is 7.95. The van der Waals surface area contributed by atoms with Crippen LogP contribution in [-0.4, -0.2) is 13.1 Å². The molecule has 0 aromatic rings. The summed E-state index contributed by atoms with van der Waals surface area (Å²) in [6.07, 6.45) is 0. The van der Waals surface area contributed by atoms with Gasteiger partial charge in [0.15, 0.2) is 0 Å². The monoisotopic (exact) mass is 252 g/mol. The average Bonchev–Trinajstić information content (AvgIpc) is 1.41. The summed E-state index contributed by atoms with van der Waals surface area (Å²) in [7, 11) is 0. The van der Waals surface area contributed by atoms with Crippen LogP contribution in [0.25, 0.3) is 5.32 Å². The van der Waals surface area contributed by atoms with Gasteiger partial charge >= 0.3 is 25.8 Å². The molecule has 6 heavy (non-hydrogen) atoms. The second-order valence-electron chi connectivity index (χ2n) is 0.856. The van der Waals surface area contributed by atoms with Crippen molar-refractivity contribution in [2.75, 3.05) is 13.1 Å². The van der Waals surface area contributed by atoms with Crippen LogP contribution in [0.2, 0.25) is 0 Å². The Labute approximate surface area is 58.3 Å². The molecule has 0 aromatic carbocycles. The first kappa shape index (κ1) is 9.95. The van der Waals surface area contributed by atoms with E-state index in [2.05, 4.69) is 5.32 Å². The first-order valence-electron chi connectivity index (χ1n) is 2.05. The third kappa shape index (κ3) is 8.85. The minimum absolute atomic E-state index is 0. The van der Waals surface area contributed by atoms with Crippen LogP contribution in [0.4, 0.5) is 0 Å². The van der Waals surface area contributed by atoms with E-state index >= 15 is 0 Å². The minimum atomic E-state index is 0. The smallest absolute Gasteiger partial charge is 0.663 e. The van der Waals surface area contributed by atoms with Gasteiger partial charge in [0.05, 0.1) is 0 Å². The van der Waals surface area contributed by atoms with E-state index in [1.807, 2.05) is 13.8 Å². The molecule has 0 radical (unpaired) electrons. The topological polar surface area (TPSA) is 14.1 Å². The fourth-order valence-corrected chi connectivity index (χ4v) is 0.224. The van der Waals surface area contributed by atoms with E-state index in [4.69, 9.17) is 0 Å². The van der Waals surface area contributed by atoms with Gasteiger partial charge in [-0.15, -0.1) is 0 Å². The van der Waals surface area contributed by atoms with Crippen LogP contribution >= 0.6 is 0 Å². The Morgan fingerprint density at radius 1 is 1.17 bits per heavy atom. The standard InChI is InChI=1S/C4H10N.Hf/c1-3-5-4-2;/h3-4H2,1-2H3;/q-1;+4. The third-order valence-corrected chi connectivity index (χ3v) is 0.447. The number of hydrogen-bond donors (Lipinski definition) is 0. The van der Waals surface area contributed by atoms with Gasteiger partial charge in [0.2, 0.25) is 0 Å². The third-order valence-electron chi connectivity index (χ3n) is 0.447. The molecule has 0 aliphatic carbocycles. The summed E-state index contributed by atoms with van der Waals surface area (Å²) in [5, 5.41) is 3.97. The van der Waals surface area contributed by atoms with Gasteiger partial charge in [0.25, 0.3) is 0 Å². The van der Waals surface area contributed by atoms with Gasteiger partial charge in [-0.1, -0.05) is 13.8 Å². The molecule has 0 bridgehead atoms. The van der Waals surface area contributed by atoms with E-state index in [9.17, 15) is 0 Å². The molecule has 0 N–H and O–H groups in total. The molecule has 0 spiro atoms. The molecular weight excluding hydrogens is 241 g/mol. The SMILES string of the molecule is CC[N-]CC.[Hf+4]. The molecule has 0 saturated carbocycles. The van der Waals surface area contributed by atoms with Crippen LogP contribution in [0.3, 0.4) is 0 Å². The van der Waals surface area contributed by atoms with Crippen LogP contribution < -0.4 is 0 Å². The molecule has 0 unspecified atom stereocenters. The largest absolute Gasteiger partial charge is 4.00 e. The zero-order valence-electron chi connectivity index (χ0n) is 4.36. The Balaban J connectivity index is 0. The van der Waals surface area contributed by atoms with Crippen molar-refractivity contribution in [3.8, 4) is 0 Å². The summed E-state index contributed by atoms with van der Waals surface area (Å²) in [6.45, 7) is 6.03. The van der Waals surface area contributed by atoms with Crippen LogP contribution in [0.1, 0.15) is 13.8 Å².